The van der Waals surface area contributed by atoms with Crippen LogP contribution in [0.4, 0.5) is 0 Å². The first-order valence-electron chi connectivity index (χ1n) is 5.31. The van der Waals surface area contributed by atoms with Gasteiger partial charge in [-0.2, -0.15) is 0 Å². The summed E-state index contributed by atoms with van der Waals surface area (Å²) in [6, 6.07) is 6.99. The number of likely N-dealkylation sites (tertiary alicyclic amines) is 1. The molecule has 88 valence electrons. The average Bonchev–Trinajstić information content (AvgIpc) is 2.72. The highest BCUT2D eigenvalue weighted by molar-refractivity contribution is 6.32. The quantitative estimate of drug-likeness (QED) is 0.656. The highest BCUT2D eigenvalue weighted by Gasteiger charge is 2.59. The number of carbonyl (C=O) groups excluding carboxylic acids is 2. The van der Waals surface area contributed by atoms with Crippen molar-refractivity contribution in [3.8, 4) is 5.75 Å². The number of fused-ring (bicyclic) bond motifs is 1. The number of alkyl halides is 1. The molecule has 2 aliphatic rings. The van der Waals surface area contributed by atoms with Crippen molar-refractivity contribution >= 4 is 23.3 Å². The number of halogens is 1. The number of hydrogen-bond donors (Lipinski definition) is 0. The van der Waals surface area contributed by atoms with E-state index in [1.807, 2.05) is 0 Å². The van der Waals surface area contributed by atoms with Gasteiger partial charge in [-0.25, -0.2) is 0 Å². The number of hydrogen-bond acceptors (Lipinski definition) is 3. The number of ketones is 1. The fourth-order valence-electron chi connectivity index (χ4n) is 2.39. The number of rotatable bonds is 0. The third-order valence-corrected chi connectivity index (χ3v) is 3.70. The van der Waals surface area contributed by atoms with Crippen molar-refractivity contribution in [2.75, 3.05) is 7.05 Å². The molecule has 1 spiro atoms. The molecule has 17 heavy (non-hydrogen) atoms. The molecule has 1 saturated heterocycles. The highest BCUT2D eigenvalue weighted by Crippen LogP contribution is 2.43. The summed E-state index contributed by atoms with van der Waals surface area (Å²) in [6.07, 6.45) is 0.192. The topological polar surface area (TPSA) is 46.6 Å². The van der Waals surface area contributed by atoms with Gasteiger partial charge in [0.05, 0.1) is 5.56 Å². The van der Waals surface area contributed by atoms with E-state index in [9.17, 15) is 9.59 Å². The number of amides is 1. The summed E-state index contributed by atoms with van der Waals surface area (Å²) in [5.74, 6) is 0.0582. The fourth-order valence-corrected chi connectivity index (χ4v) is 2.75. The molecular weight excluding hydrogens is 242 g/mol. The van der Waals surface area contributed by atoms with Crippen LogP contribution in [0.5, 0.6) is 5.75 Å². The zero-order valence-electron chi connectivity index (χ0n) is 9.14. The summed E-state index contributed by atoms with van der Waals surface area (Å²) in [6.45, 7) is 0. The van der Waals surface area contributed by atoms with Crippen LogP contribution in [0.1, 0.15) is 16.8 Å². The molecule has 2 aliphatic heterocycles. The van der Waals surface area contributed by atoms with Crippen LogP contribution in [0.15, 0.2) is 24.3 Å². The van der Waals surface area contributed by atoms with E-state index in [2.05, 4.69) is 0 Å². The molecule has 2 atom stereocenters. The number of Topliss-reactive ketones (excluding diaryl/α,β-unsaturated/α-hetero) is 1. The highest BCUT2D eigenvalue weighted by atomic mass is 35.5. The van der Waals surface area contributed by atoms with Gasteiger partial charge in [0.1, 0.15) is 11.1 Å². The normalized spacial score (nSPS) is 30.9. The third-order valence-electron chi connectivity index (χ3n) is 3.36. The molecule has 0 bridgehead atoms. The molecule has 0 radical (unpaired) electrons. The molecular formula is C12H10ClNO3. The van der Waals surface area contributed by atoms with Crippen molar-refractivity contribution in [2.24, 2.45) is 0 Å². The van der Waals surface area contributed by atoms with Crippen LogP contribution in [-0.2, 0) is 4.79 Å². The number of nitrogens with zero attached hydrogens (tertiary/aromatic N) is 1. The van der Waals surface area contributed by atoms with Crippen molar-refractivity contribution in [1.29, 1.82) is 0 Å². The van der Waals surface area contributed by atoms with E-state index in [-0.39, 0.29) is 18.1 Å². The molecule has 1 fully saturated rings. The van der Waals surface area contributed by atoms with Crippen LogP contribution in [0.25, 0.3) is 0 Å². The van der Waals surface area contributed by atoms with E-state index in [0.29, 0.717) is 11.3 Å². The first kappa shape index (κ1) is 10.6. The molecule has 4 nitrogen and oxygen atoms in total. The lowest BCUT2D eigenvalue weighted by molar-refractivity contribution is -0.133. The molecule has 1 amide bonds. The van der Waals surface area contributed by atoms with E-state index < -0.39 is 11.1 Å². The maximum atomic E-state index is 12.3. The molecule has 2 heterocycles. The van der Waals surface area contributed by atoms with Gasteiger partial charge in [0.25, 0.3) is 5.72 Å². The van der Waals surface area contributed by atoms with Gasteiger partial charge in [0, 0.05) is 13.5 Å². The van der Waals surface area contributed by atoms with Gasteiger partial charge in [-0.1, -0.05) is 12.1 Å². The van der Waals surface area contributed by atoms with E-state index in [1.54, 1.807) is 31.3 Å². The first-order chi connectivity index (χ1) is 8.06. The number of ether oxygens (including phenoxy) is 1. The summed E-state index contributed by atoms with van der Waals surface area (Å²) in [4.78, 5) is 25.4. The van der Waals surface area contributed by atoms with Crippen molar-refractivity contribution in [2.45, 2.75) is 17.5 Å². The minimum Gasteiger partial charge on any atom is -0.459 e. The van der Waals surface area contributed by atoms with Gasteiger partial charge in [-0.15, -0.1) is 11.6 Å². The SMILES string of the molecule is CN1C(=O)C(Cl)CC12Oc1ccccc1C2=O. The minimum atomic E-state index is -1.23. The van der Waals surface area contributed by atoms with Crippen LogP contribution < -0.4 is 4.74 Å². The summed E-state index contributed by atoms with van der Waals surface area (Å²) in [7, 11) is 1.55. The maximum Gasteiger partial charge on any atom is 0.251 e. The molecule has 3 rings (SSSR count). The Morgan fingerprint density at radius 2 is 2.12 bits per heavy atom. The molecule has 0 aliphatic carbocycles. The summed E-state index contributed by atoms with van der Waals surface area (Å²) >= 11 is 5.91. The number of para-hydroxylation sites is 1. The molecule has 0 saturated carbocycles. The standard InChI is InChI=1S/C12H10ClNO3/c1-14-11(16)8(13)6-12(14)10(15)7-4-2-3-5-9(7)17-12/h2-5,8H,6H2,1H3. The van der Waals surface area contributed by atoms with Gasteiger partial charge in [-0.3, -0.25) is 14.5 Å². The second-order valence-corrected chi connectivity index (χ2v) is 4.81. The Kier molecular flexibility index (Phi) is 2.01. The largest absolute Gasteiger partial charge is 0.459 e. The number of carbonyl (C=O) groups is 2. The molecule has 5 heteroatoms. The first-order valence-corrected chi connectivity index (χ1v) is 5.74. The van der Waals surface area contributed by atoms with Crippen LogP contribution >= 0.6 is 11.6 Å². The Hall–Kier alpha value is -1.55. The Bertz CT molecular complexity index is 530. The predicted octanol–water partition coefficient (Wildman–Crippen LogP) is 1.43. The summed E-state index contributed by atoms with van der Waals surface area (Å²) in [5.41, 5.74) is -0.717. The molecule has 1 aromatic rings. The zero-order chi connectivity index (χ0) is 12.2. The van der Waals surface area contributed by atoms with E-state index >= 15 is 0 Å². The number of benzene rings is 1. The molecule has 0 aromatic heterocycles. The van der Waals surface area contributed by atoms with Crippen molar-refractivity contribution in [3.63, 3.8) is 0 Å². The van der Waals surface area contributed by atoms with E-state index in [4.69, 9.17) is 16.3 Å². The van der Waals surface area contributed by atoms with E-state index in [0.717, 1.165) is 0 Å². The number of likely N-dealkylation sites (N-methyl/N-ethyl adjacent to an activating group) is 1. The second kappa shape index (κ2) is 3.23. The maximum absolute atomic E-state index is 12.3. The summed E-state index contributed by atoms with van der Waals surface area (Å²) < 4.78 is 5.69. The smallest absolute Gasteiger partial charge is 0.251 e. The Balaban J connectivity index is 2.10. The molecule has 0 N–H and O–H groups in total. The van der Waals surface area contributed by atoms with Crippen LogP contribution in [0, 0.1) is 0 Å². The van der Waals surface area contributed by atoms with Gasteiger partial charge in [-0.05, 0) is 12.1 Å². The van der Waals surface area contributed by atoms with E-state index in [1.165, 1.54) is 4.90 Å². The van der Waals surface area contributed by atoms with Gasteiger partial charge >= 0.3 is 0 Å². The van der Waals surface area contributed by atoms with Gasteiger partial charge in [0.15, 0.2) is 0 Å². The second-order valence-electron chi connectivity index (χ2n) is 4.28. The zero-order valence-corrected chi connectivity index (χ0v) is 9.90. The van der Waals surface area contributed by atoms with Crippen molar-refractivity contribution in [1.82, 2.24) is 4.90 Å². The lowest BCUT2D eigenvalue weighted by atomic mass is 10.0. The predicted molar refractivity (Wildman–Crippen MR) is 61.2 cm³/mol. The Morgan fingerprint density at radius 3 is 2.71 bits per heavy atom. The van der Waals surface area contributed by atoms with Crippen molar-refractivity contribution in [3.05, 3.63) is 29.8 Å². The monoisotopic (exact) mass is 251 g/mol. The van der Waals surface area contributed by atoms with Crippen LogP contribution in [0.2, 0.25) is 0 Å². The molecule has 2 unspecified atom stereocenters. The summed E-state index contributed by atoms with van der Waals surface area (Å²) in [5, 5.41) is -0.696. The lowest BCUT2D eigenvalue weighted by Crippen LogP contribution is -2.51. The average molecular weight is 252 g/mol. The molecule has 1 aromatic carbocycles. The van der Waals surface area contributed by atoms with Gasteiger partial charge < -0.3 is 4.74 Å². The van der Waals surface area contributed by atoms with Crippen LogP contribution in [-0.4, -0.2) is 34.7 Å². The fraction of sp³-hybridized carbons (Fsp3) is 0.333. The third kappa shape index (κ3) is 1.19. The Labute approximate surface area is 103 Å². The van der Waals surface area contributed by atoms with Crippen molar-refractivity contribution < 1.29 is 14.3 Å². The minimum absolute atomic E-state index is 0.188. The van der Waals surface area contributed by atoms with Crippen LogP contribution in [0.3, 0.4) is 0 Å². The Morgan fingerprint density at radius 1 is 1.41 bits per heavy atom. The van der Waals surface area contributed by atoms with Gasteiger partial charge in [0.2, 0.25) is 11.7 Å². The lowest BCUT2D eigenvalue weighted by Gasteiger charge is -2.28.